The predicted octanol–water partition coefficient (Wildman–Crippen LogP) is 5.43. The number of aromatic amines is 2. The van der Waals surface area contributed by atoms with Gasteiger partial charge in [-0.15, -0.1) is 0 Å². The van der Waals surface area contributed by atoms with E-state index in [1.807, 2.05) is 67.8 Å². The number of ether oxygens (including phenoxy) is 1. The van der Waals surface area contributed by atoms with Crippen molar-refractivity contribution in [3.8, 4) is 22.6 Å². The van der Waals surface area contributed by atoms with Crippen LogP contribution in [0, 0.1) is 11.8 Å². The fourth-order valence-corrected chi connectivity index (χ4v) is 7.81. The summed E-state index contributed by atoms with van der Waals surface area (Å²) in [6, 6.07) is 8.34. The van der Waals surface area contributed by atoms with Crippen molar-refractivity contribution >= 4 is 45.6 Å². The van der Waals surface area contributed by atoms with E-state index >= 15 is 0 Å². The summed E-state index contributed by atoms with van der Waals surface area (Å²) in [5.74, 6) is 1.35. The van der Waals surface area contributed by atoms with Crippen LogP contribution in [0.15, 0.2) is 48.9 Å². The smallest absolute Gasteiger partial charge is 0.407 e. The molecule has 2 aliphatic heterocycles. The van der Waals surface area contributed by atoms with Crippen LogP contribution in [0.4, 0.5) is 4.79 Å². The van der Waals surface area contributed by atoms with Crippen LogP contribution < -0.4 is 10.6 Å². The maximum absolute atomic E-state index is 13.7. The van der Waals surface area contributed by atoms with Crippen molar-refractivity contribution in [2.24, 2.45) is 11.8 Å². The number of alkyl carbamates (subject to hydrolysis) is 1. The Bertz CT molecular complexity index is 2230. The number of hydrogen-bond acceptors (Lipinski definition) is 9. The van der Waals surface area contributed by atoms with Crippen LogP contribution in [0.2, 0.25) is 0 Å². The molecule has 0 radical (unpaired) electrons. The molecule has 55 heavy (non-hydrogen) atoms. The lowest BCUT2D eigenvalue weighted by molar-refractivity contribution is -0.138. The number of H-pyrrole nitrogens is 2. The molecule has 0 aliphatic carbocycles. The summed E-state index contributed by atoms with van der Waals surface area (Å²) < 4.78 is 4.77. The third-order valence-corrected chi connectivity index (χ3v) is 10.7. The number of rotatable bonds is 10. The van der Waals surface area contributed by atoms with Crippen molar-refractivity contribution in [3.63, 3.8) is 0 Å². The van der Waals surface area contributed by atoms with E-state index in [1.165, 1.54) is 14.0 Å². The lowest BCUT2D eigenvalue weighted by atomic mass is 10.0. The standard InChI is InChI=1S/C40H48N10O5/c1-21(2)32(44-23(5)51)38(52)49-15-7-9-30(49)36-43-20-29(46-36)26-18-41-35(42-19-26)25-11-13-27-24(17-25)12-14-28-34(27)47-37(45-28)31-10-8-16-50(31)39(53)33(22(3)4)48-40(54)55-6/h11-14,17-22,30-33H,7-10,15-16H2,1-6H3,(H,43,46)(H,44,51)(H,45,47)(H,48,54)/t30-,31-,32-,33-/m0/s1. The molecular formula is C40H48N10O5. The fraction of sp³-hybridized carbons (Fsp3) is 0.450. The maximum Gasteiger partial charge on any atom is 0.407 e. The Morgan fingerprint density at radius 1 is 0.782 bits per heavy atom. The molecule has 0 spiro atoms. The average molecular weight is 749 g/mol. The van der Waals surface area contributed by atoms with Gasteiger partial charge >= 0.3 is 6.09 Å². The van der Waals surface area contributed by atoms with Crippen molar-refractivity contribution in [1.29, 1.82) is 0 Å². The molecule has 2 fully saturated rings. The summed E-state index contributed by atoms with van der Waals surface area (Å²) in [4.78, 5) is 80.4. The number of carbonyl (C=O) groups is 4. The van der Waals surface area contributed by atoms with Crippen LogP contribution in [0.3, 0.4) is 0 Å². The van der Waals surface area contributed by atoms with E-state index in [9.17, 15) is 19.2 Å². The Labute approximate surface area is 319 Å². The Morgan fingerprint density at radius 3 is 2.04 bits per heavy atom. The molecule has 2 saturated heterocycles. The normalized spacial score (nSPS) is 18.3. The summed E-state index contributed by atoms with van der Waals surface area (Å²) in [7, 11) is 1.29. The molecule has 0 unspecified atom stereocenters. The molecule has 2 aromatic carbocycles. The van der Waals surface area contributed by atoms with E-state index in [1.54, 1.807) is 18.6 Å². The van der Waals surface area contributed by atoms with Crippen LogP contribution in [0.5, 0.6) is 0 Å². The minimum absolute atomic E-state index is 0.0447. The molecule has 4 N–H and O–H groups in total. The number of carbonyl (C=O) groups excluding carboxylic acids is 4. The molecule has 3 aromatic heterocycles. The third-order valence-electron chi connectivity index (χ3n) is 10.7. The highest BCUT2D eigenvalue weighted by molar-refractivity contribution is 6.05. The van der Waals surface area contributed by atoms with Crippen LogP contribution in [-0.4, -0.2) is 95.8 Å². The summed E-state index contributed by atoms with van der Waals surface area (Å²) in [6.07, 6.45) is 7.86. The quantitative estimate of drug-likeness (QED) is 0.144. The van der Waals surface area contributed by atoms with Gasteiger partial charge in [0.25, 0.3) is 0 Å². The molecule has 4 amide bonds. The molecule has 15 nitrogen and oxygen atoms in total. The zero-order chi connectivity index (χ0) is 39.0. The highest BCUT2D eigenvalue weighted by Gasteiger charge is 2.39. The van der Waals surface area contributed by atoms with E-state index in [2.05, 4.69) is 35.6 Å². The van der Waals surface area contributed by atoms with E-state index in [0.717, 1.165) is 70.1 Å². The molecular weight excluding hydrogens is 701 g/mol. The van der Waals surface area contributed by atoms with Gasteiger partial charge in [0.05, 0.1) is 42.1 Å². The number of fused-ring (bicyclic) bond motifs is 3. The number of methoxy groups -OCH3 is 1. The Balaban J connectivity index is 1.08. The van der Waals surface area contributed by atoms with Crippen LogP contribution >= 0.6 is 0 Å². The third kappa shape index (κ3) is 7.47. The lowest BCUT2D eigenvalue weighted by Crippen LogP contribution is -2.51. The zero-order valence-electron chi connectivity index (χ0n) is 32.1. The number of hydrogen-bond donors (Lipinski definition) is 4. The predicted molar refractivity (Wildman–Crippen MR) is 206 cm³/mol. The first-order valence-electron chi connectivity index (χ1n) is 19.0. The minimum atomic E-state index is -0.703. The first-order valence-corrected chi connectivity index (χ1v) is 19.0. The van der Waals surface area contributed by atoms with Crippen molar-refractivity contribution in [3.05, 3.63) is 60.6 Å². The van der Waals surface area contributed by atoms with Gasteiger partial charge in [-0.1, -0.05) is 45.9 Å². The van der Waals surface area contributed by atoms with Gasteiger partial charge in [-0.3, -0.25) is 14.4 Å². The Hall–Kier alpha value is -5.86. The highest BCUT2D eigenvalue weighted by atomic mass is 16.5. The first-order chi connectivity index (χ1) is 26.4. The van der Waals surface area contributed by atoms with Gasteiger partial charge < -0.3 is 35.1 Å². The number of aromatic nitrogens is 6. The van der Waals surface area contributed by atoms with Crippen LogP contribution in [0.1, 0.15) is 84.0 Å². The molecule has 5 aromatic rings. The van der Waals surface area contributed by atoms with Crippen molar-refractivity contribution in [2.45, 2.75) is 84.5 Å². The van der Waals surface area contributed by atoms with Crippen LogP contribution in [0.25, 0.3) is 44.5 Å². The molecule has 0 bridgehead atoms. The number of imidazole rings is 2. The number of likely N-dealkylation sites (tertiary alicyclic amines) is 2. The summed E-state index contributed by atoms with van der Waals surface area (Å²) >= 11 is 0. The molecule has 4 atom stereocenters. The first kappa shape index (κ1) is 37.5. The minimum Gasteiger partial charge on any atom is -0.453 e. The molecule has 5 heterocycles. The molecule has 288 valence electrons. The second-order valence-corrected chi connectivity index (χ2v) is 15.2. The lowest BCUT2D eigenvalue weighted by Gasteiger charge is -2.30. The molecule has 15 heteroatoms. The van der Waals surface area contributed by atoms with Gasteiger partial charge in [0.2, 0.25) is 17.7 Å². The summed E-state index contributed by atoms with van der Waals surface area (Å²) in [6.45, 7) is 10.3. The van der Waals surface area contributed by atoms with Crippen LogP contribution in [-0.2, 0) is 19.1 Å². The largest absolute Gasteiger partial charge is 0.453 e. The van der Waals surface area contributed by atoms with Crippen molar-refractivity contribution in [2.75, 3.05) is 20.2 Å². The van der Waals surface area contributed by atoms with Gasteiger partial charge in [-0.25, -0.2) is 24.7 Å². The number of benzene rings is 2. The Kier molecular flexibility index (Phi) is 10.5. The molecule has 0 saturated carbocycles. The number of nitrogens with zero attached hydrogens (tertiary/aromatic N) is 6. The van der Waals surface area contributed by atoms with Gasteiger partial charge in [-0.2, -0.15) is 0 Å². The van der Waals surface area contributed by atoms with E-state index in [-0.39, 0.29) is 41.6 Å². The summed E-state index contributed by atoms with van der Waals surface area (Å²) in [5.41, 5.74) is 4.06. The fourth-order valence-electron chi connectivity index (χ4n) is 7.81. The SMILES string of the molecule is COC(=O)N[C@H](C(=O)N1CCC[C@H]1c1nc2c(ccc3cc(-c4ncc(-c5cnc([C@@H]6CCCN6C(=O)[C@@H](NC(C)=O)C(C)C)[nH]5)cn4)ccc32)[nH]1)C(C)C. The van der Waals surface area contributed by atoms with Gasteiger partial charge in [0.1, 0.15) is 23.7 Å². The Morgan fingerprint density at radius 2 is 1.42 bits per heavy atom. The maximum atomic E-state index is 13.7. The molecule has 7 rings (SSSR count). The highest BCUT2D eigenvalue weighted by Crippen LogP contribution is 2.36. The van der Waals surface area contributed by atoms with Gasteiger partial charge in [0, 0.05) is 48.9 Å². The van der Waals surface area contributed by atoms with Gasteiger partial charge in [0.15, 0.2) is 5.82 Å². The zero-order valence-corrected chi connectivity index (χ0v) is 32.1. The van der Waals surface area contributed by atoms with Crippen molar-refractivity contribution < 1.29 is 23.9 Å². The number of amides is 4. The second kappa shape index (κ2) is 15.5. The van der Waals surface area contributed by atoms with E-state index < -0.39 is 18.2 Å². The molecule has 2 aliphatic rings. The topological polar surface area (TPSA) is 191 Å². The summed E-state index contributed by atoms with van der Waals surface area (Å²) in [5, 5.41) is 7.46. The van der Waals surface area contributed by atoms with E-state index in [4.69, 9.17) is 9.72 Å². The van der Waals surface area contributed by atoms with Gasteiger partial charge in [-0.05, 0) is 55.0 Å². The van der Waals surface area contributed by atoms with E-state index in [0.29, 0.717) is 24.7 Å². The van der Waals surface area contributed by atoms with Crippen molar-refractivity contribution in [1.82, 2.24) is 50.3 Å². The monoisotopic (exact) mass is 748 g/mol. The number of nitrogens with one attached hydrogen (secondary N) is 4. The second-order valence-electron chi connectivity index (χ2n) is 15.2. The average Bonchev–Trinajstić information content (AvgIpc) is 4.01.